The Hall–Kier alpha value is -0.860. The smallest absolute Gasteiger partial charge is 0.0478 e. The second-order valence-corrected chi connectivity index (χ2v) is 7.05. The Balaban J connectivity index is 1.88. The molecule has 116 valence electrons. The van der Waals surface area contributed by atoms with Crippen LogP contribution in [0.4, 0.5) is 0 Å². The van der Waals surface area contributed by atoms with Gasteiger partial charge in [0.05, 0.1) is 0 Å². The lowest BCUT2D eigenvalue weighted by Gasteiger charge is -2.37. The predicted octanol–water partition coefficient (Wildman–Crippen LogP) is 3.96. The predicted molar refractivity (Wildman–Crippen MR) is 89.4 cm³/mol. The van der Waals surface area contributed by atoms with Gasteiger partial charge in [-0.2, -0.15) is 0 Å². The minimum atomic E-state index is 0.416. The van der Waals surface area contributed by atoms with Crippen LogP contribution >= 0.6 is 0 Å². The van der Waals surface area contributed by atoms with Crippen LogP contribution in [0.5, 0.6) is 0 Å². The number of nitrogens with two attached hydrogens (primary N) is 1. The van der Waals surface area contributed by atoms with Crippen LogP contribution < -0.4 is 5.73 Å². The molecule has 1 aliphatic carbocycles. The molecule has 1 saturated carbocycles. The van der Waals surface area contributed by atoms with Gasteiger partial charge in [-0.3, -0.25) is 4.90 Å². The summed E-state index contributed by atoms with van der Waals surface area (Å²) >= 11 is 0. The van der Waals surface area contributed by atoms with Crippen molar-refractivity contribution in [2.75, 3.05) is 13.1 Å². The van der Waals surface area contributed by atoms with Crippen molar-refractivity contribution in [2.24, 2.45) is 11.7 Å². The molecule has 1 aromatic carbocycles. The Morgan fingerprint density at radius 2 is 1.76 bits per heavy atom. The first-order valence-corrected chi connectivity index (χ1v) is 8.74. The van der Waals surface area contributed by atoms with Crippen LogP contribution in [-0.2, 0) is 0 Å². The summed E-state index contributed by atoms with van der Waals surface area (Å²) in [7, 11) is 0. The summed E-state index contributed by atoms with van der Waals surface area (Å²) in [6, 6.07) is 7.84. The monoisotopic (exact) mass is 286 g/mol. The van der Waals surface area contributed by atoms with Crippen molar-refractivity contribution in [3.8, 4) is 0 Å². The Kier molecular flexibility index (Phi) is 4.66. The Labute approximate surface area is 129 Å². The minimum Gasteiger partial charge on any atom is -0.329 e. The van der Waals surface area contributed by atoms with E-state index in [0.717, 1.165) is 18.5 Å². The van der Waals surface area contributed by atoms with Gasteiger partial charge in [-0.15, -0.1) is 0 Å². The van der Waals surface area contributed by atoms with Crippen molar-refractivity contribution in [1.29, 1.82) is 0 Å². The fourth-order valence-electron chi connectivity index (χ4n) is 4.82. The van der Waals surface area contributed by atoms with Crippen molar-refractivity contribution in [3.05, 3.63) is 34.9 Å². The molecule has 0 bridgehead atoms. The Morgan fingerprint density at radius 3 is 2.38 bits per heavy atom. The molecule has 1 aromatic rings. The second-order valence-electron chi connectivity index (χ2n) is 7.05. The molecule has 2 atom stereocenters. The van der Waals surface area contributed by atoms with Gasteiger partial charge in [0.15, 0.2) is 0 Å². The molecule has 2 unspecified atom stereocenters. The number of nitrogens with zero attached hydrogens (tertiary/aromatic N) is 1. The summed E-state index contributed by atoms with van der Waals surface area (Å²) in [6.07, 6.45) is 8.47. The number of hydrogen-bond acceptors (Lipinski definition) is 2. The standard InChI is InChI=1S/C19H30N2/c1-14-7-5-8-15(2)19(14)18(13-20)21-12-6-11-17(21)16-9-3-4-10-16/h5,7-8,16-18H,3-4,6,9-13,20H2,1-2H3. The lowest BCUT2D eigenvalue weighted by Crippen LogP contribution is -2.41. The molecule has 2 N–H and O–H groups in total. The van der Waals surface area contributed by atoms with Gasteiger partial charge in [-0.1, -0.05) is 31.0 Å². The molecular weight excluding hydrogens is 256 g/mol. The lowest BCUT2D eigenvalue weighted by molar-refractivity contribution is 0.137. The van der Waals surface area contributed by atoms with E-state index in [0.29, 0.717) is 6.04 Å². The van der Waals surface area contributed by atoms with Crippen molar-refractivity contribution in [1.82, 2.24) is 4.90 Å². The van der Waals surface area contributed by atoms with E-state index in [2.05, 4.69) is 36.9 Å². The maximum absolute atomic E-state index is 6.24. The topological polar surface area (TPSA) is 29.3 Å². The van der Waals surface area contributed by atoms with Crippen LogP contribution in [0.15, 0.2) is 18.2 Å². The van der Waals surface area contributed by atoms with Gasteiger partial charge < -0.3 is 5.73 Å². The lowest BCUT2D eigenvalue weighted by atomic mass is 9.91. The Morgan fingerprint density at radius 1 is 1.10 bits per heavy atom. The summed E-state index contributed by atoms with van der Waals surface area (Å²) in [5.74, 6) is 0.922. The average Bonchev–Trinajstić information content (AvgIpc) is 3.13. The van der Waals surface area contributed by atoms with E-state index in [4.69, 9.17) is 5.73 Å². The summed E-state index contributed by atoms with van der Waals surface area (Å²) in [6.45, 7) is 6.46. The molecule has 1 aliphatic heterocycles. The van der Waals surface area contributed by atoms with Crippen LogP contribution in [0.25, 0.3) is 0 Å². The zero-order valence-corrected chi connectivity index (χ0v) is 13.6. The van der Waals surface area contributed by atoms with E-state index in [-0.39, 0.29) is 0 Å². The zero-order valence-electron chi connectivity index (χ0n) is 13.6. The van der Waals surface area contributed by atoms with E-state index in [9.17, 15) is 0 Å². The molecular formula is C19H30N2. The number of rotatable bonds is 4. The van der Waals surface area contributed by atoms with E-state index in [1.807, 2.05) is 0 Å². The van der Waals surface area contributed by atoms with Crippen LogP contribution in [0, 0.1) is 19.8 Å². The van der Waals surface area contributed by atoms with Gasteiger partial charge in [0.1, 0.15) is 0 Å². The number of hydrogen-bond donors (Lipinski definition) is 1. The van der Waals surface area contributed by atoms with E-state index >= 15 is 0 Å². The molecule has 2 heteroatoms. The van der Waals surface area contributed by atoms with Gasteiger partial charge in [-0.25, -0.2) is 0 Å². The fraction of sp³-hybridized carbons (Fsp3) is 0.684. The highest BCUT2D eigenvalue weighted by molar-refractivity contribution is 5.36. The molecule has 1 saturated heterocycles. The third-order valence-corrected chi connectivity index (χ3v) is 5.79. The third kappa shape index (κ3) is 2.89. The van der Waals surface area contributed by atoms with Crippen LogP contribution in [0.1, 0.15) is 61.3 Å². The highest BCUT2D eigenvalue weighted by Gasteiger charge is 2.37. The normalized spacial score (nSPS) is 25.6. The summed E-state index contributed by atoms with van der Waals surface area (Å²) in [5.41, 5.74) is 10.5. The van der Waals surface area contributed by atoms with E-state index in [1.165, 1.54) is 61.8 Å². The van der Waals surface area contributed by atoms with Gasteiger partial charge in [0.2, 0.25) is 0 Å². The average molecular weight is 286 g/mol. The van der Waals surface area contributed by atoms with Gasteiger partial charge in [-0.05, 0) is 68.7 Å². The van der Waals surface area contributed by atoms with Crippen molar-refractivity contribution in [3.63, 3.8) is 0 Å². The summed E-state index contributed by atoms with van der Waals surface area (Å²) in [4.78, 5) is 2.76. The first-order valence-electron chi connectivity index (χ1n) is 8.74. The zero-order chi connectivity index (χ0) is 14.8. The Bertz CT molecular complexity index is 456. The minimum absolute atomic E-state index is 0.416. The van der Waals surface area contributed by atoms with Crippen LogP contribution in [-0.4, -0.2) is 24.0 Å². The molecule has 3 rings (SSSR count). The number of likely N-dealkylation sites (tertiary alicyclic amines) is 1. The molecule has 2 fully saturated rings. The largest absolute Gasteiger partial charge is 0.329 e. The first-order chi connectivity index (χ1) is 10.2. The van der Waals surface area contributed by atoms with Crippen LogP contribution in [0.2, 0.25) is 0 Å². The molecule has 0 amide bonds. The van der Waals surface area contributed by atoms with Crippen molar-refractivity contribution < 1.29 is 0 Å². The molecule has 2 aliphatic rings. The third-order valence-electron chi connectivity index (χ3n) is 5.79. The van der Waals surface area contributed by atoms with Crippen LogP contribution in [0.3, 0.4) is 0 Å². The quantitative estimate of drug-likeness (QED) is 0.908. The summed E-state index contributed by atoms with van der Waals surface area (Å²) in [5, 5.41) is 0. The molecule has 21 heavy (non-hydrogen) atoms. The van der Waals surface area contributed by atoms with E-state index < -0.39 is 0 Å². The fourth-order valence-corrected chi connectivity index (χ4v) is 4.82. The van der Waals surface area contributed by atoms with Gasteiger partial charge in [0.25, 0.3) is 0 Å². The second kappa shape index (κ2) is 6.50. The van der Waals surface area contributed by atoms with Crippen molar-refractivity contribution in [2.45, 2.75) is 64.5 Å². The summed E-state index contributed by atoms with van der Waals surface area (Å²) < 4.78 is 0. The van der Waals surface area contributed by atoms with E-state index in [1.54, 1.807) is 0 Å². The van der Waals surface area contributed by atoms with Crippen molar-refractivity contribution >= 4 is 0 Å². The SMILES string of the molecule is Cc1cccc(C)c1C(CN)N1CCCC1C1CCCC1. The molecule has 0 radical (unpaired) electrons. The number of benzene rings is 1. The number of aryl methyl sites for hydroxylation is 2. The molecule has 0 spiro atoms. The molecule has 0 aromatic heterocycles. The first kappa shape index (κ1) is 15.1. The van der Waals surface area contributed by atoms with Gasteiger partial charge >= 0.3 is 0 Å². The van der Waals surface area contributed by atoms with Gasteiger partial charge in [0, 0.05) is 18.6 Å². The highest BCUT2D eigenvalue weighted by Crippen LogP contribution is 2.40. The maximum atomic E-state index is 6.24. The highest BCUT2D eigenvalue weighted by atomic mass is 15.2. The maximum Gasteiger partial charge on any atom is 0.0478 e. The molecule has 2 nitrogen and oxygen atoms in total. The molecule has 1 heterocycles.